The van der Waals surface area contributed by atoms with Crippen LogP contribution >= 0.6 is 0 Å². The summed E-state index contributed by atoms with van der Waals surface area (Å²) < 4.78 is 40.3. The number of phenols is 1. The number of ether oxygens (including phenoxy) is 7. The summed E-state index contributed by atoms with van der Waals surface area (Å²) in [4.78, 5) is 25.4. The van der Waals surface area contributed by atoms with Gasteiger partial charge < -0.3 is 44.0 Å². The lowest BCUT2D eigenvalue weighted by Gasteiger charge is -2.32. The van der Waals surface area contributed by atoms with Gasteiger partial charge in [-0.25, -0.2) is 4.79 Å². The van der Waals surface area contributed by atoms with Crippen molar-refractivity contribution in [1.82, 2.24) is 0 Å². The van der Waals surface area contributed by atoms with E-state index in [4.69, 9.17) is 38.9 Å². The zero-order valence-corrected chi connectivity index (χ0v) is 28.5. The number of allylic oxidation sites excluding steroid dienone is 2. The summed E-state index contributed by atoms with van der Waals surface area (Å²) in [6.07, 6.45) is 7.15. The summed E-state index contributed by atoms with van der Waals surface area (Å²) >= 11 is 0. The Morgan fingerprint density at radius 1 is 0.980 bits per heavy atom. The van der Waals surface area contributed by atoms with Crippen LogP contribution in [0.4, 0.5) is 0 Å². The molecule has 0 radical (unpaired) electrons. The molecule has 0 spiro atoms. The number of nitrogens with two attached hydrogens (primary N) is 1. The minimum Gasteiger partial charge on any atom is -0.506 e. The van der Waals surface area contributed by atoms with Crippen LogP contribution in [0.1, 0.15) is 61.1 Å². The third kappa shape index (κ3) is 7.05. The minimum absolute atomic E-state index is 0.0258. The van der Waals surface area contributed by atoms with E-state index < -0.39 is 11.5 Å². The van der Waals surface area contributed by atoms with Crippen LogP contribution in [0.5, 0.6) is 40.2 Å². The molecule has 2 aliphatic rings. The fourth-order valence-electron chi connectivity index (χ4n) is 5.75. The SMILES string of the molecule is COCOc1ccc(/C(=C\C(N)=O)c2cc3c(c(CC=C(C)C)c2OC)C(=C=O)c2c(cc4c(c2O)C=CC(C)(C)O4)O3)cc1OCOC. The van der Waals surface area contributed by atoms with Crippen molar-refractivity contribution in [1.29, 1.82) is 0 Å². The van der Waals surface area contributed by atoms with Crippen molar-refractivity contribution in [3.05, 3.63) is 87.5 Å². The molecule has 3 aromatic carbocycles. The average molecular weight is 670 g/mol. The van der Waals surface area contributed by atoms with Gasteiger partial charge in [-0.3, -0.25) is 4.79 Å². The molecule has 5 rings (SSSR count). The number of aromatic hydroxyl groups is 1. The molecule has 0 aromatic heterocycles. The quantitative estimate of drug-likeness (QED) is 0.0758. The first-order valence-corrected chi connectivity index (χ1v) is 15.4. The predicted molar refractivity (Wildman–Crippen MR) is 184 cm³/mol. The van der Waals surface area contributed by atoms with Gasteiger partial charge in [0.05, 0.1) is 23.8 Å². The fraction of sp³-hybridized carbons (Fsp3) is 0.289. The summed E-state index contributed by atoms with van der Waals surface area (Å²) in [5, 5.41) is 11.5. The number of hydrogen-bond donors (Lipinski definition) is 2. The normalized spacial score (nSPS) is 13.9. The van der Waals surface area contributed by atoms with Crippen molar-refractivity contribution in [2.45, 2.75) is 39.7 Å². The Bertz CT molecular complexity index is 1940. The molecule has 1 amide bonds. The summed E-state index contributed by atoms with van der Waals surface area (Å²) in [5.74, 6) is 3.10. The molecule has 0 aliphatic carbocycles. The topological polar surface area (TPSA) is 145 Å². The number of phenolic OH excluding ortho intramolecular Hbond substituents is 1. The van der Waals surface area contributed by atoms with E-state index in [2.05, 4.69) is 5.94 Å². The van der Waals surface area contributed by atoms with Gasteiger partial charge in [-0.2, -0.15) is 0 Å². The summed E-state index contributed by atoms with van der Waals surface area (Å²) in [6.45, 7) is 7.57. The first kappa shape index (κ1) is 34.8. The Kier molecular flexibility index (Phi) is 10.2. The second kappa shape index (κ2) is 14.3. The largest absolute Gasteiger partial charge is 0.506 e. The van der Waals surface area contributed by atoms with Crippen LogP contribution in [0.15, 0.2) is 54.1 Å². The van der Waals surface area contributed by atoms with Crippen molar-refractivity contribution < 1.29 is 47.9 Å². The third-order valence-electron chi connectivity index (χ3n) is 7.87. The maximum atomic E-state index is 12.9. The van der Waals surface area contributed by atoms with E-state index in [1.54, 1.807) is 36.4 Å². The lowest BCUT2D eigenvalue weighted by molar-refractivity contribution is -0.113. The first-order chi connectivity index (χ1) is 23.4. The molecule has 2 aliphatic heterocycles. The highest BCUT2D eigenvalue weighted by atomic mass is 16.7. The van der Waals surface area contributed by atoms with E-state index >= 15 is 0 Å². The molecule has 0 fully saturated rings. The average Bonchev–Trinajstić information content (AvgIpc) is 3.05. The van der Waals surface area contributed by atoms with Crippen molar-refractivity contribution >= 4 is 29.1 Å². The van der Waals surface area contributed by atoms with Gasteiger partial charge in [0.15, 0.2) is 25.1 Å². The van der Waals surface area contributed by atoms with E-state index in [1.807, 2.05) is 39.8 Å². The highest BCUT2D eigenvalue weighted by Gasteiger charge is 2.36. The number of fused-ring (bicyclic) bond motifs is 3. The molecule has 3 N–H and O–H groups in total. The minimum atomic E-state index is -0.719. The van der Waals surface area contributed by atoms with Gasteiger partial charge in [0.1, 0.15) is 40.3 Å². The van der Waals surface area contributed by atoms with Gasteiger partial charge in [-0.1, -0.05) is 17.7 Å². The second-order valence-electron chi connectivity index (χ2n) is 12.1. The molecule has 11 heteroatoms. The van der Waals surface area contributed by atoms with Gasteiger partial charge in [-0.05, 0) is 75.6 Å². The molecule has 11 nitrogen and oxygen atoms in total. The number of rotatable bonds is 12. The molecule has 256 valence electrons. The number of hydrogen-bond acceptors (Lipinski definition) is 10. The van der Waals surface area contributed by atoms with Crippen LogP contribution in [-0.2, 0) is 25.5 Å². The molecule has 0 atom stereocenters. The molecular weight excluding hydrogens is 630 g/mol. The zero-order chi connectivity index (χ0) is 35.5. The van der Waals surface area contributed by atoms with E-state index in [9.17, 15) is 14.7 Å². The molecule has 49 heavy (non-hydrogen) atoms. The van der Waals surface area contributed by atoms with E-state index in [1.165, 1.54) is 27.4 Å². The fourth-order valence-corrected chi connectivity index (χ4v) is 5.75. The van der Waals surface area contributed by atoms with Crippen molar-refractivity contribution in [2.75, 3.05) is 34.9 Å². The summed E-state index contributed by atoms with van der Waals surface area (Å²) in [5.41, 5.74) is 9.14. The van der Waals surface area contributed by atoms with Crippen molar-refractivity contribution in [3.63, 3.8) is 0 Å². The molecular formula is C38H39NO10. The Hall–Kier alpha value is -5.48. The lowest BCUT2D eigenvalue weighted by Crippen LogP contribution is -2.27. The van der Waals surface area contributed by atoms with Crippen LogP contribution in [0.3, 0.4) is 0 Å². The lowest BCUT2D eigenvalue weighted by atomic mass is 9.84. The zero-order valence-electron chi connectivity index (χ0n) is 28.5. The number of primary amides is 1. The standard InChI is InChI=1S/C38H39NO10/c1-21(2)8-10-24-34-27(18-40)35-32(17-29-23(36(35)42)12-13-38(3,4)49-29)48-31(34)15-26(37(24)45-7)25(16-33(39)41)22-9-11-28(46-19-43-5)30(14-22)47-20-44-6/h8-9,11-17,42H,10,19-20H2,1-7H3,(H2,39,41)/b25-16+. The molecule has 0 unspecified atom stereocenters. The van der Waals surface area contributed by atoms with Crippen LogP contribution in [0, 0.1) is 0 Å². The number of amides is 1. The Morgan fingerprint density at radius 2 is 1.67 bits per heavy atom. The highest BCUT2D eigenvalue weighted by molar-refractivity contribution is 6.07. The number of methoxy groups -OCH3 is 3. The van der Waals surface area contributed by atoms with Gasteiger partial charge in [0.2, 0.25) is 5.91 Å². The number of benzene rings is 3. The maximum Gasteiger partial charge on any atom is 0.242 e. The molecule has 0 bridgehead atoms. The number of carbonyl (C=O) groups excluding carboxylic acids is 2. The third-order valence-corrected chi connectivity index (χ3v) is 7.87. The van der Waals surface area contributed by atoms with Gasteiger partial charge >= 0.3 is 0 Å². The molecule has 2 heterocycles. The van der Waals surface area contributed by atoms with Gasteiger partial charge in [0.25, 0.3) is 0 Å². The monoisotopic (exact) mass is 669 g/mol. The van der Waals surface area contributed by atoms with E-state index in [-0.39, 0.29) is 42.0 Å². The first-order valence-electron chi connectivity index (χ1n) is 15.4. The van der Waals surface area contributed by atoms with Crippen LogP contribution in [0.2, 0.25) is 0 Å². The van der Waals surface area contributed by atoms with E-state index in [0.717, 1.165) is 5.57 Å². The Morgan fingerprint density at radius 3 is 2.31 bits per heavy atom. The number of carbonyl (C=O) groups is 1. The van der Waals surface area contributed by atoms with Gasteiger partial charge in [-0.15, -0.1) is 0 Å². The van der Waals surface area contributed by atoms with Gasteiger partial charge in [0, 0.05) is 43.1 Å². The Labute approximate surface area is 284 Å². The van der Waals surface area contributed by atoms with Crippen molar-refractivity contribution in [2.24, 2.45) is 5.73 Å². The molecule has 3 aromatic rings. The predicted octanol–water partition coefficient (Wildman–Crippen LogP) is 6.35. The molecule has 0 saturated carbocycles. The summed E-state index contributed by atoms with van der Waals surface area (Å²) in [7, 11) is 4.48. The summed E-state index contributed by atoms with van der Waals surface area (Å²) in [6, 6.07) is 8.40. The van der Waals surface area contributed by atoms with Crippen LogP contribution in [0.25, 0.3) is 17.2 Å². The Balaban J connectivity index is 1.78. The van der Waals surface area contributed by atoms with Crippen LogP contribution in [-0.4, -0.2) is 57.5 Å². The smallest absolute Gasteiger partial charge is 0.242 e. The van der Waals surface area contributed by atoms with Crippen molar-refractivity contribution in [3.8, 4) is 40.2 Å². The van der Waals surface area contributed by atoms with Crippen LogP contribution < -0.4 is 29.4 Å². The second-order valence-corrected chi connectivity index (χ2v) is 12.1. The molecule has 0 saturated heterocycles. The highest BCUT2D eigenvalue weighted by Crippen LogP contribution is 2.55. The van der Waals surface area contributed by atoms with E-state index in [0.29, 0.717) is 62.8 Å². The maximum absolute atomic E-state index is 12.9.